The molecular formula is C14H19NO5. The minimum atomic E-state index is -1.11. The number of hydrogen-bond acceptors (Lipinski definition) is 4. The van der Waals surface area contributed by atoms with E-state index in [1.54, 1.807) is 20.8 Å². The summed E-state index contributed by atoms with van der Waals surface area (Å²) in [5.74, 6) is -1.61. The van der Waals surface area contributed by atoms with Gasteiger partial charge in [-0.2, -0.15) is 0 Å². The highest BCUT2D eigenvalue weighted by Crippen LogP contribution is 2.26. The van der Waals surface area contributed by atoms with Crippen LogP contribution in [-0.2, 0) is 4.79 Å². The van der Waals surface area contributed by atoms with Crippen LogP contribution in [0.2, 0.25) is 0 Å². The first-order valence-corrected chi connectivity index (χ1v) is 6.07. The topological polar surface area (TPSA) is 95.9 Å². The molecule has 0 aliphatic carbocycles. The van der Waals surface area contributed by atoms with Crippen molar-refractivity contribution in [2.45, 2.75) is 26.8 Å². The van der Waals surface area contributed by atoms with Crippen LogP contribution in [0.5, 0.6) is 11.5 Å². The normalized spacial score (nSPS) is 12.6. The minimum Gasteiger partial charge on any atom is -0.504 e. The van der Waals surface area contributed by atoms with Crippen molar-refractivity contribution in [2.24, 2.45) is 5.41 Å². The van der Waals surface area contributed by atoms with Crippen LogP contribution in [0.25, 0.3) is 0 Å². The third kappa shape index (κ3) is 3.63. The van der Waals surface area contributed by atoms with E-state index in [0.717, 1.165) is 0 Å². The largest absolute Gasteiger partial charge is 0.504 e. The van der Waals surface area contributed by atoms with Crippen molar-refractivity contribution < 1.29 is 24.5 Å². The number of carboxylic acid groups (broad SMARTS) is 1. The van der Waals surface area contributed by atoms with E-state index in [1.807, 2.05) is 0 Å². The van der Waals surface area contributed by atoms with Crippen LogP contribution >= 0.6 is 0 Å². The van der Waals surface area contributed by atoms with Crippen molar-refractivity contribution in [1.82, 2.24) is 5.32 Å². The molecule has 0 aromatic heterocycles. The second kappa shape index (κ2) is 5.81. The number of carbonyl (C=O) groups excluding carboxylic acids is 1. The molecule has 6 heteroatoms. The number of aliphatic carboxylic acids is 1. The summed E-state index contributed by atoms with van der Waals surface area (Å²) in [5, 5.41) is 21.2. The Hall–Kier alpha value is -2.24. The molecule has 0 unspecified atom stereocenters. The molecule has 0 fully saturated rings. The predicted molar refractivity (Wildman–Crippen MR) is 73.0 cm³/mol. The molecule has 0 saturated heterocycles. The van der Waals surface area contributed by atoms with Gasteiger partial charge in [-0.25, -0.2) is 4.79 Å². The lowest BCUT2D eigenvalue weighted by Crippen LogP contribution is -2.49. The maximum absolute atomic E-state index is 12.0. The molecule has 0 aliphatic heterocycles. The second-order valence-corrected chi connectivity index (χ2v) is 5.50. The van der Waals surface area contributed by atoms with Gasteiger partial charge in [0, 0.05) is 5.56 Å². The first-order chi connectivity index (χ1) is 9.16. The van der Waals surface area contributed by atoms with E-state index in [0.29, 0.717) is 0 Å². The Morgan fingerprint density at radius 3 is 2.30 bits per heavy atom. The summed E-state index contributed by atoms with van der Waals surface area (Å²) >= 11 is 0. The fourth-order valence-electron chi connectivity index (χ4n) is 1.69. The molecule has 0 spiro atoms. The molecular weight excluding hydrogens is 262 g/mol. The Labute approximate surface area is 117 Å². The number of carbonyl (C=O) groups is 2. The standard InChI is InChI=1S/C14H19NO5/c1-14(2,3)11(13(18)19)15-12(17)8-5-6-10(20-4)9(16)7-8/h5-7,11,16H,1-4H3,(H,15,17)(H,18,19)/t11-/m1/s1. The third-order valence-corrected chi connectivity index (χ3v) is 2.83. The molecule has 1 rings (SSSR count). The SMILES string of the molecule is COc1ccc(C(=O)N[C@H](C(=O)O)C(C)(C)C)cc1O. The number of nitrogens with one attached hydrogen (secondary N) is 1. The maximum atomic E-state index is 12.0. The highest BCUT2D eigenvalue weighted by atomic mass is 16.5. The number of benzene rings is 1. The highest BCUT2D eigenvalue weighted by Gasteiger charge is 2.32. The second-order valence-electron chi connectivity index (χ2n) is 5.50. The highest BCUT2D eigenvalue weighted by molar-refractivity contribution is 5.97. The summed E-state index contributed by atoms with van der Waals surface area (Å²) in [6.45, 7) is 5.16. The Kier molecular flexibility index (Phi) is 4.60. The first kappa shape index (κ1) is 15.8. The number of rotatable bonds is 4. The van der Waals surface area contributed by atoms with Gasteiger partial charge in [-0.05, 0) is 23.6 Å². The lowest BCUT2D eigenvalue weighted by Gasteiger charge is -2.27. The molecule has 3 N–H and O–H groups in total. The van der Waals surface area contributed by atoms with Gasteiger partial charge in [-0.1, -0.05) is 20.8 Å². The van der Waals surface area contributed by atoms with Crippen molar-refractivity contribution >= 4 is 11.9 Å². The number of amides is 1. The fourth-order valence-corrected chi connectivity index (χ4v) is 1.69. The Bertz CT molecular complexity index is 519. The van der Waals surface area contributed by atoms with Gasteiger partial charge in [-0.15, -0.1) is 0 Å². The van der Waals surface area contributed by atoms with Crippen molar-refractivity contribution in [2.75, 3.05) is 7.11 Å². The summed E-state index contributed by atoms with van der Waals surface area (Å²) in [5.41, 5.74) is -0.463. The Morgan fingerprint density at radius 2 is 1.90 bits per heavy atom. The van der Waals surface area contributed by atoms with E-state index < -0.39 is 23.3 Å². The molecule has 0 radical (unpaired) electrons. The zero-order valence-corrected chi connectivity index (χ0v) is 11.9. The first-order valence-electron chi connectivity index (χ1n) is 6.07. The van der Waals surface area contributed by atoms with Crippen LogP contribution in [0.4, 0.5) is 0 Å². The number of phenols is 1. The van der Waals surface area contributed by atoms with Crippen LogP contribution in [0.3, 0.4) is 0 Å². The molecule has 20 heavy (non-hydrogen) atoms. The molecule has 1 aromatic rings. The van der Waals surface area contributed by atoms with Gasteiger partial charge in [0.2, 0.25) is 0 Å². The van der Waals surface area contributed by atoms with E-state index in [-0.39, 0.29) is 17.1 Å². The van der Waals surface area contributed by atoms with Crippen LogP contribution in [0, 0.1) is 5.41 Å². The van der Waals surface area contributed by atoms with Crippen LogP contribution in [-0.4, -0.2) is 35.2 Å². The van der Waals surface area contributed by atoms with E-state index in [2.05, 4.69) is 5.32 Å². The van der Waals surface area contributed by atoms with Crippen LogP contribution in [0.15, 0.2) is 18.2 Å². The summed E-state index contributed by atoms with van der Waals surface area (Å²) in [6, 6.07) is 3.10. The maximum Gasteiger partial charge on any atom is 0.326 e. The quantitative estimate of drug-likeness (QED) is 0.779. The third-order valence-electron chi connectivity index (χ3n) is 2.83. The number of methoxy groups -OCH3 is 1. The van der Waals surface area contributed by atoms with Crippen molar-refractivity contribution in [3.05, 3.63) is 23.8 Å². The molecule has 1 aromatic carbocycles. The van der Waals surface area contributed by atoms with E-state index in [1.165, 1.54) is 25.3 Å². The average Bonchev–Trinajstić information content (AvgIpc) is 2.33. The van der Waals surface area contributed by atoms with Crippen LogP contribution < -0.4 is 10.1 Å². The fraction of sp³-hybridized carbons (Fsp3) is 0.429. The molecule has 0 bridgehead atoms. The van der Waals surface area contributed by atoms with Gasteiger partial charge in [0.15, 0.2) is 11.5 Å². The minimum absolute atomic E-state index is 0.166. The zero-order chi connectivity index (χ0) is 15.5. The zero-order valence-electron chi connectivity index (χ0n) is 11.9. The monoisotopic (exact) mass is 281 g/mol. The average molecular weight is 281 g/mol. The predicted octanol–water partition coefficient (Wildman–Crippen LogP) is 1.63. The molecule has 6 nitrogen and oxygen atoms in total. The lowest BCUT2D eigenvalue weighted by atomic mass is 9.86. The summed E-state index contributed by atoms with van der Waals surface area (Å²) in [4.78, 5) is 23.2. The van der Waals surface area contributed by atoms with Gasteiger partial charge in [-0.3, -0.25) is 4.79 Å². The van der Waals surface area contributed by atoms with E-state index >= 15 is 0 Å². The van der Waals surface area contributed by atoms with Crippen molar-refractivity contribution in [3.63, 3.8) is 0 Å². The number of ether oxygens (including phenoxy) is 1. The van der Waals surface area contributed by atoms with Gasteiger partial charge in [0.1, 0.15) is 6.04 Å². The number of carboxylic acids is 1. The molecule has 0 aliphatic rings. The van der Waals surface area contributed by atoms with Crippen molar-refractivity contribution in [3.8, 4) is 11.5 Å². The Morgan fingerprint density at radius 1 is 1.30 bits per heavy atom. The Balaban J connectivity index is 2.95. The summed E-state index contributed by atoms with van der Waals surface area (Å²) in [7, 11) is 1.40. The van der Waals surface area contributed by atoms with E-state index in [4.69, 9.17) is 9.84 Å². The number of phenolic OH excluding ortho intramolecular Hbond substituents is 1. The van der Waals surface area contributed by atoms with Gasteiger partial charge in [0.25, 0.3) is 5.91 Å². The lowest BCUT2D eigenvalue weighted by molar-refractivity contribution is -0.142. The molecule has 110 valence electrons. The summed E-state index contributed by atoms with van der Waals surface area (Å²) in [6.07, 6.45) is 0. The molecule has 1 amide bonds. The number of hydrogen-bond donors (Lipinski definition) is 3. The van der Waals surface area contributed by atoms with Crippen molar-refractivity contribution in [1.29, 1.82) is 0 Å². The van der Waals surface area contributed by atoms with Crippen LogP contribution in [0.1, 0.15) is 31.1 Å². The molecule has 0 heterocycles. The summed E-state index contributed by atoms with van der Waals surface area (Å²) < 4.78 is 4.88. The number of aromatic hydroxyl groups is 1. The molecule has 1 atom stereocenters. The van der Waals surface area contributed by atoms with Gasteiger partial charge < -0.3 is 20.3 Å². The smallest absolute Gasteiger partial charge is 0.326 e. The van der Waals surface area contributed by atoms with Gasteiger partial charge >= 0.3 is 5.97 Å². The van der Waals surface area contributed by atoms with Gasteiger partial charge in [0.05, 0.1) is 7.11 Å². The van der Waals surface area contributed by atoms with E-state index in [9.17, 15) is 14.7 Å². The molecule has 0 saturated carbocycles.